The van der Waals surface area contributed by atoms with Crippen molar-refractivity contribution in [3.8, 4) is 0 Å². The van der Waals surface area contributed by atoms with Crippen molar-refractivity contribution in [1.82, 2.24) is 0 Å². The van der Waals surface area contributed by atoms with E-state index in [0.717, 1.165) is 13.0 Å². The normalized spacial score (nSPS) is 20.1. The number of rotatable bonds is 0. The zero-order valence-electron chi connectivity index (χ0n) is 7.50. The van der Waals surface area contributed by atoms with Gasteiger partial charge in [-0.3, -0.25) is 0 Å². The summed E-state index contributed by atoms with van der Waals surface area (Å²) in [5.74, 6) is 0. The summed E-state index contributed by atoms with van der Waals surface area (Å²) < 4.78 is 72.3. The summed E-state index contributed by atoms with van der Waals surface area (Å²) in [5.41, 5.74) is -1.88. The van der Waals surface area contributed by atoms with Gasteiger partial charge in [0.15, 0.2) is 0 Å². The van der Waals surface area contributed by atoms with E-state index in [4.69, 9.17) is 0 Å². The summed E-state index contributed by atoms with van der Waals surface area (Å²) in [6.45, 7) is 0.873. The van der Waals surface area contributed by atoms with Crippen LogP contribution < -0.4 is 0 Å². The average molecular weight is 226 g/mol. The Morgan fingerprint density at radius 3 is 1.87 bits per heavy atom. The standard InChI is InChI=1S/C8H5BF6/c1-4-5(7(10,11)12)2-3-6(4)9-8(13,14)15/h2-3H,1H3. The minimum atomic E-state index is -4.61. The van der Waals surface area contributed by atoms with Gasteiger partial charge in [0, 0.05) is 0 Å². The molecule has 1 aliphatic rings. The van der Waals surface area contributed by atoms with Crippen LogP contribution in [0.15, 0.2) is 23.3 Å². The Labute approximate surface area is 82.2 Å². The van der Waals surface area contributed by atoms with E-state index in [0.29, 0.717) is 6.08 Å². The summed E-state index contributed by atoms with van der Waals surface area (Å²) in [4.78, 5) is 0. The molecule has 0 unspecified atom stereocenters. The van der Waals surface area contributed by atoms with Gasteiger partial charge in [-0.15, -0.1) is 0 Å². The van der Waals surface area contributed by atoms with Gasteiger partial charge >= 0.3 is 81.2 Å². The number of halogens is 6. The maximum absolute atomic E-state index is 12.2. The Morgan fingerprint density at radius 1 is 1.00 bits per heavy atom. The molecular formula is C8H5BF6. The molecule has 1 aliphatic carbocycles. The van der Waals surface area contributed by atoms with Crippen molar-refractivity contribution in [2.75, 3.05) is 0 Å². The van der Waals surface area contributed by atoms with Crippen molar-refractivity contribution in [2.45, 2.75) is 19.2 Å². The van der Waals surface area contributed by atoms with Crippen LogP contribution in [0.2, 0.25) is 0 Å². The maximum atomic E-state index is 12.2. The molecule has 0 N–H and O–H groups in total. The van der Waals surface area contributed by atoms with Crippen LogP contribution in [0.5, 0.6) is 0 Å². The number of allylic oxidation sites excluding steroid dienone is 4. The molecule has 0 radical (unpaired) electrons. The zero-order valence-corrected chi connectivity index (χ0v) is 7.50. The Bertz CT molecular complexity index is 354. The predicted molar refractivity (Wildman–Crippen MR) is 44.7 cm³/mol. The first-order valence-electron chi connectivity index (χ1n) is 3.87. The van der Waals surface area contributed by atoms with Crippen molar-refractivity contribution in [1.29, 1.82) is 0 Å². The molecule has 0 aromatic rings. The molecule has 0 aliphatic heterocycles. The zero-order chi connectivity index (χ0) is 11.9. The molecule has 0 saturated heterocycles. The molecule has 0 amide bonds. The molecule has 0 nitrogen and oxygen atoms in total. The van der Waals surface area contributed by atoms with Crippen molar-refractivity contribution >= 4 is 12.4 Å². The van der Waals surface area contributed by atoms with Crippen molar-refractivity contribution in [2.24, 2.45) is 0 Å². The Morgan fingerprint density at radius 2 is 1.53 bits per heavy atom. The summed E-state index contributed by atoms with van der Waals surface area (Å²) in [6.07, 6.45) is -7.76. The topological polar surface area (TPSA) is 0 Å². The first-order valence-corrected chi connectivity index (χ1v) is 3.87. The van der Waals surface area contributed by atoms with Gasteiger partial charge in [-0.25, -0.2) is 0 Å². The molecule has 1 rings (SSSR count). The molecule has 0 aromatic carbocycles. The van der Waals surface area contributed by atoms with E-state index in [1.807, 2.05) is 0 Å². The SMILES string of the molecule is CC1=C(C(F)(F)F)C=CC1=BC(F)(F)F. The Hall–Kier alpha value is -1.01. The molecule has 82 valence electrons. The first kappa shape index (κ1) is 12.1. The van der Waals surface area contributed by atoms with Crippen molar-refractivity contribution in [3.63, 3.8) is 0 Å². The van der Waals surface area contributed by atoms with Gasteiger partial charge < -0.3 is 0 Å². The fourth-order valence-corrected chi connectivity index (χ4v) is 1.22. The molecule has 0 aromatic heterocycles. The average Bonchev–Trinajstić information content (AvgIpc) is 2.27. The molecule has 15 heavy (non-hydrogen) atoms. The van der Waals surface area contributed by atoms with E-state index in [1.165, 1.54) is 0 Å². The van der Waals surface area contributed by atoms with Gasteiger partial charge in [-0.2, -0.15) is 0 Å². The number of hydrogen-bond acceptors (Lipinski definition) is 0. The van der Waals surface area contributed by atoms with Crippen LogP contribution in [0.1, 0.15) is 6.92 Å². The van der Waals surface area contributed by atoms with Gasteiger partial charge in [0.1, 0.15) is 0 Å². The molecule has 0 fully saturated rings. The molecule has 0 spiro atoms. The minimum absolute atomic E-state index is 0.141. The second-order valence-electron chi connectivity index (χ2n) is 3.01. The third-order valence-electron chi connectivity index (χ3n) is 1.89. The number of hydrogen-bond donors (Lipinski definition) is 0. The molecule has 0 heterocycles. The third-order valence-corrected chi connectivity index (χ3v) is 1.89. The van der Waals surface area contributed by atoms with E-state index in [2.05, 4.69) is 0 Å². The van der Waals surface area contributed by atoms with Crippen molar-refractivity contribution < 1.29 is 26.3 Å². The molecule has 7 heteroatoms. The second kappa shape index (κ2) is 3.54. The van der Waals surface area contributed by atoms with Gasteiger partial charge in [0.25, 0.3) is 0 Å². The van der Waals surface area contributed by atoms with Crippen LogP contribution in [0.3, 0.4) is 0 Å². The van der Waals surface area contributed by atoms with E-state index in [-0.39, 0.29) is 6.92 Å². The van der Waals surface area contributed by atoms with Gasteiger partial charge in [-0.1, -0.05) is 0 Å². The van der Waals surface area contributed by atoms with Crippen LogP contribution in [0.25, 0.3) is 0 Å². The van der Waals surface area contributed by atoms with E-state index >= 15 is 0 Å². The first-order chi connectivity index (χ1) is 6.61. The third kappa shape index (κ3) is 2.97. The van der Waals surface area contributed by atoms with Crippen LogP contribution in [-0.4, -0.2) is 24.6 Å². The van der Waals surface area contributed by atoms with E-state index < -0.39 is 28.9 Å². The van der Waals surface area contributed by atoms with E-state index in [1.54, 1.807) is 0 Å². The molecule has 0 bridgehead atoms. The second-order valence-corrected chi connectivity index (χ2v) is 3.01. The van der Waals surface area contributed by atoms with Gasteiger partial charge in [0.2, 0.25) is 0 Å². The van der Waals surface area contributed by atoms with Crippen LogP contribution >= 0.6 is 0 Å². The molecule has 0 atom stereocenters. The Kier molecular flexibility index (Phi) is 2.84. The molecular weight excluding hydrogens is 221 g/mol. The van der Waals surface area contributed by atoms with Gasteiger partial charge in [-0.05, 0) is 0 Å². The summed E-state index contributed by atoms with van der Waals surface area (Å²) in [7, 11) is 0. The summed E-state index contributed by atoms with van der Waals surface area (Å²) in [6, 6.07) is 0. The van der Waals surface area contributed by atoms with Crippen LogP contribution in [-0.2, 0) is 0 Å². The molecule has 0 saturated carbocycles. The summed E-state index contributed by atoms with van der Waals surface area (Å²) in [5, 5.41) is 0. The fourth-order valence-electron chi connectivity index (χ4n) is 1.22. The fraction of sp³-hybridized carbons (Fsp3) is 0.375. The van der Waals surface area contributed by atoms with Crippen LogP contribution in [0, 0.1) is 0 Å². The van der Waals surface area contributed by atoms with Crippen LogP contribution in [0.4, 0.5) is 26.3 Å². The van der Waals surface area contributed by atoms with E-state index in [9.17, 15) is 26.3 Å². The predicted octanol–water partition coefficient (Wildman–Crippen LogP) is 2.83. The monoisotopic (exact) mass is 226 g/mol. The number of alkyl halides is 6. The van der Waals surface area contributed by atoms with Gasteiger partial charge in [0.05, 0.1) is 0 Å². The van der Waals surface area contributed by atoms with Crippen molar-refractivity contribution in [3.05, 3.63) is 23.3 Å². The quantitative estimate of drug-likeness (QED) is 0.440. The summed E-state index contributed by atoms with van der Waals surface area (Å²) >= 11 is 0. The Balaban J connectivity index is 3.10.